The van der Waals surface area contributed by atoms with E-state index in [0.717, 1.165) is 43.8 Å². The molecule has 2 aromatic rings. The maximum Gasteiger partial charge on any atom is 0.177 e. The lowest BCUT2D eigenvalue weighted by molar-refractivity contribution is 0.0784. The van der Waals surface area contributed by atoms with Crippen LogP contribution in [0.2, 0.25) is 5.02 Å². The van der Waals surface area contributed by atoms with Crippen molar-refractivity contribution < 1.29 is 9.53 Å². The number of rotatable bonds is 2. The summed E-state index contributed by atoms with van der Waals surface area (Å²) in [6.45, 7) is 6.40. The van der Waals surface area contributed by atoms with Crippen LogP contribution in [0.1, 0.15) is 28.8 Å². The van der Waals surface area contributed by atoms with Crippen LogP contribution >= 0.6 is 28.6 Å². The first kappa shape index (κ1) is 19.2. The van der Waals surface area contributed by atoms with Crippen molar-refractivity contribution in [2.45, 2.75) is 18.3 Å². The summed E-state index contributed by atoms with van der Waals surface area (Å²) in [6, 6.07) is 13.2. The molecule has 3 nitrogen and oxygen atoms in total. The van der Waals surface area contributed by atoms with Crippen LogP contribution in [0.5, 0.6) is 11.5 Å². The van der Waals surface area contributed by atoms with Gasteiger partial charge in [-0.25, -0.2) is 0 Å². The highest BCUT2D eigenvalue weighted by atomic mass is 79.9. The van der Waals surface area contributed by atoms with Gasteiger partial charge < -0.3 is 4.74 Å². The minimum absolute atomic E-state index is 0. The second-order valence-electron chi connectivity index (χ2n) is 6.74. The highest BCUT2D eigenvalue weighted by Crippen LogP contribution is 2.48. The number of para-hydroxylation sites is 1. The van der Waals surface area contributed by atoms with Crippen LogP contribution in [0.15, 0.2) is 55.1 Å². The standard InChI is InChI=1S/C21H20ClNO2.BrH/c1-2-11-23-12-9-21(10-13-23)17-5-3-4-6-19(17)25-18-8-7-15(22)14-16(18)20(21)24;/h2-8,14H,1,9-13H2;1H. The zero-order chi connectivity index (χ0) is 17.4. The number of ether oxygens (including phenoxy) is 1. The normalized spacial score (nSPS) is 18.1. The van der Waals surface area contributed by atoms with Gasteiger partial charge in [0.2, 0.25) is 0 Å². The molecule has 2 aromatic carbocycles. The molecule has 0 radical (unpaired) electrons. The van der Waals surface area contributed by atoms with Gasteiger partial charge in [-0.1, -0.05) is 35.9 Å². The van der Waals surface area contributed by atoms with Gasteiger partial charge in [-0.05, 0) is 50.2 Å². The largest absolute Gasteiger partial charge is 0.456 e. The predicted octanol–water partition coefficient (Wildman–Crippen LogP) is 5.43. The summed E-state index contributed by atoms with van der Waals surface area (Å²) in [6.07, 6.45) is 3.46. The molecule has 1 fully saturated rings. The molecule has 0 atom stereocenters. The Labute approximate surface area is 169 Å². The van der Waals surface area contributed by atoms with Crippen molar-refractivity contribution in [3.63, 3.8) is 0 Å². The van der Waals surface area contributed by atoms with E-state index < -0.39 is 5.41 Å². The number of hydrogen-bond acceptors (Lipinski definition) is 3. The lowest BCUT2D eigenvalue weighted by Gasteiger charge is -2.40. The number of nitrogens with zero attached hydrogens (tertiary/aromatic N) is 1. The van der Waals surface area contributed by atoms with Gasteiger partial charge in [0.25, 0.3) is 0 Å². The van der Waals surface area contributed by atoms with E-state index in [1.807, 2.05) is 30.3 Å². The van der Waals surface area contributed by atoms with E-state index in [2.05, 4.69) is 11.5 Å². The van der Waals surface area contributed by atoms with Crippen LogP contribution in [-0.2, 0) is 5.41 Å². The molecule has 4 rings (SSSR count). The summed E-state index contributed by atoms with van der Waals surface area (Å²) in [5, 5.41) is 0.556. The lowest BCUT2D eigenvalue weighted by atomic mass is 9.68. The quantitative estimate of drug-likeness (QED) is 0.591. The molecule has 5 heteroatoms. The van der Waals surface area contributed by atoms with Crippen LogP contribution in [0.25, 0.3) is 0 Å². The third kappa shape index (κ3) is 3.11. The van der Waals surface area contributed by atoms with E-state index in [1.54, 1.807) is 18.2 Å². The van der Waals surface area contributed by atoms with E-state index in [9.17, 15) is 4.79 Å². The van der Waals surface area contributed by atoms with Crippen LogP contribution in [0.4, 0.5) is 0 Å². The number of hydrogen-bond donors (Lipinski definition) is 0. The molecule has 0 aliphatic carbocycles. The van der Waals surface area contributed by atoms with Gasteiger partial charge >= 0.3 is 0 Å². The smallest absolute Gasteiger partial charge is 0.177 e. The summed E-state index contributed by atoms with van der Waals surface area (Å²) in [5.74, 6) is 1.48. The molecule has 2 aliphatic heterocycles. The Morgan fingerprint density at radius 3 is 2.62 bits per heavy atom. The molecule has 2 aliphatic rings. The summed E-state index contributed by atoms with van der Waals surface area (Å²) in [4.78, 5) is 15.9. The zero-order valence-electron chi connectivity index (χ0n) is 14.4. The van der Waals surface area contributed by atoms with Crippen LogP contribution in [-0.4, -0.2) is 30.3 Å². The van der Waals surface area contributed by atoms with Gasteiger partial charge in [-0.3, -0.25) is 9.69 Å². The average molecular weight is 435 g/mol. The van der Waals surface area contributed by atoms with Crippen molar-refractivity contribution in [2.75, 3.05) is 19.6 Å². The molecule has 0 saturated carbocycles. The van der Waals surface area contributed by atoms with Crippen molar-refractivity contribution in [2.24, 2.45) is 0 Å². The molecular formula is C21H21BrClNO2. The minimum Gasteiger partial charge on any atom is -0.456 e. The van der Waals surface area contributed by atoms with Crippen LogP contribution in [0, 0.1) is 0 Å². The van der Waals surface area contributed by atoms with Gasteiger partial charge in [0.1, 0.15) is 11.5 Å². The number of halogens is 2. The Morgan fingerprint density at radius 1 is 1.15 bits per heavy atom. The summed E-state index contributed by atoms with van der Waals surface area (Å²) < 4.78 is 6.12. The summed E-state index contributed by atoms with van der Waals surface area (Å²) in [7, 11) is 0. The Morgan fingerprint density at radius 2 is 1.88 bits per heavy atom. The van der Waals surface area contributed by atoms with Crippen LogP contribution in [0.3, 0.4) is 0 Å². The third-order valence-electron chi connectivity index (χ3n) is 5.34. The average Bonchev–Trinajstić information content (AvgIpc) is 2.72. The fourth-order valence-electron chi connectivity index (χ4n) is 4.01. The Balaban J connectivity index is 0.00000196. The molecule has 0 unspecified atom stereocenters. The number of Topliss-reactive ketones (excluding diaryl/α,β-unsaturated/α-hetero) is 1. The molecule has 0 bridgehead atoms. The highest BCUT2D eigenvalue weighted by molar-refractivity contribution is 8.93. The molecule has 26 heavy (non-hydrogen) atoms. The molecule has 0 N–H and O–H groups in total. The minimum atomic E-state index is -0.551. The Bertz CT molecular complexity index is 844. The topological polar surface area (TPSA) is 29.5 Å². The number of carbonyl (C=O) groups excluding carboxylic acids is 1. The van der Waals surface area contributed by atoms with Gasteiger partial charge in [0.05, 0.1) is 11.0 Å². The van der Waals surface area contributed by atoms with Gasteiger partial charge in [-0.15, -0.1) is 23.6 Å². The summed E-state index contributed by atoms with van der Waals surface area (Å²) >= 11 is 6.17. The maximum absolute atomic E-state index is 13.6. The second-order valence-corrected chi connectivity index (χ2v) is 7.18. The third-order valence-corrected chi connectivity index (χ3v) is 5.58. The van der Waals surface area contributed by atoms with E-state index in [4.69, 9.17) is 16.3 Å². The van der Waals surface area contributed by atoms with Gasteiger partial charge in [-0.2, -0.15) is 0 Å². The molecule has 0 aromatic heterocycles. The number of piperidine rings is 1. The first-order valence-corrected chi connectivity index (χ1v) is 8.97. The van der Waals surface area contributed by atoms with Crippen molar-refractivity contribution in [3.05, 3.63) is 71.3 Å². The SMILES string of the molecule is Br.C=CCN1CCC2(CC1)C(=O)c1cc(Cl)ccc1Oc1ccccc12. The van der Waals surface area contributed by atoms with E-state index >= 15 is 0 Å². The van der Waals surface area contributed by atoms with Crippen molar-refractivity contribution >= 4 is 34.4 Å². The van der Waals surface area contributed by atoms with E-state index in [-0.39, 0.29) is 22.8 Å². The molecule has 1 saturated heterocycles. The van der Waals surface area contributed by atoms with E-state index in [1.165, 1.54) is 0 Å². The van der Waals surface area contributed by atoms with Crippen LogP contribution < -0.4 is 4.74 Å². The molecule has 136 valence electrons. The Hall–Kier alpha value is -1.62. The zero-order valence-corrected chi connectivity index (χ0v) is 16.9. The fourth-order valence-corrected chi connectivity index (χ4v) is 4.19. The molecule has 0 amide bonds. The van der Waals surface area contributed by atoms with Crippen molar-refractivity contribution in [3.8, 4) is 11.5 Å². The van der Waals surface area contributed by atoms with Crippen molar-refractivity contribution in [1.29, 1.82) is 0 Å². The monoisotopic (exact) mass is 433 g/mol. The van der Waals surface area contributed by atoms with Gasteiger partial charge in [0, 0.05) is 17.1 Å². The number of ketones is 1. The van der Waals surface area contributed by atoms with Gasteiger partial charge in [0.15, 0.2) is 5.78 Å². The number of benzene rings is 2. The Kier molecular flexibility index (Phi) is 5.56. The molecule has 2 heterocycles. The highest BCUT2D eigenvalue weighted by Gasteiger charge is 2.47. The predicted molar refractivity (Wildman–Crippen MR) is 110 cm³/mol. The van der Waals surface area contributed by atoms with Crippen molar-refractivity contribution in [1.82, 2.24) is 4.90 Å². The lowest BCUT2D eigenvalue weighted by Crippen LogP contribution is -2.47. The summed E-state index contributed by atoms with van der Waals surface area (Å²) in [5.41, 5.74) is 1.02. The second kappa shape index (κ2) is 7.55. The fraction of sp³-hybridized carbons (Fsp3) is 0.286. The number of likely N-dealkylation sites (tertiary alicyclic amines) is 1. The molecule has 1 spiro atoms. The molecular weight excluding hydrogens is 414 g/mol. The first-order chi connectivity index (χ1) is 12.1. The van der Waals surface area contributed by atoms with E-state index in [0.29, 0.717) is 16.3 Å². The maximum atomic E-state index is 13.6. The number of carbonyl (C=O) groups is 1. The number of fused-ring (bicyclic) bond motifs is 3. The first-order valence-electron chi connectivity index (χ1n) is 8.59.